The van der Waals surface area contributed by atoms with E-state index in [1.54, 1.807) is 64.3 Å². The van der Waals surface area contributed by atoms with Gasteiger partial charge in [0.1, 0.15) is 35.3 Å². The Morgan fingerprint density at radius 1 is 0.667 bits per heavy atom. The van der Waals surface area contributed by atoms with E-state index < -0.39 is 75.9 Å². The van der Waals surface area contributed by atoms with Gasteiger partial charge in [0, 0.05) is 12.8 Å². The van der Waals surface area contributed by atoms with Crippen molar-refractivity contribution in [2.24, 2.45) is 17.8 Å². The molecule has 0 saturated carbocycles. The molecular weight excluding hydrogens is 809 g/mol. The number of aromatic nitrogens is 2. The van der Waals surface area contributed by atoms with Crippen molar-refractivity contribution in [3.8, 4) is 11.5 Å². The van der Waals surface area contributed by atoms with Crippen molar-refractivity contribution in [3.63, 3.8) is 0 Å². The number of carboxylic acid groups (broad SMARTS) is 1. The molecule has 0 aliphatic carbocycles. The highest BCUT2D eigenvalue weighted by Crippen LogP contribution is 2.24. The molecular formula is C46H68N8O9+2. The molecule has 0 fully saturated rings. The molecule has 0 aliphatic rings. The predicted molar refractivity (Wildman–Crippen MR) is 238 cm³/mol. The molecule has 8 N–H and O–H groups in total. The van der Waals surface area contributed by atoms with Crippen LogP contribution in [0.2, 0.25) is 0 Å². The molecule has 1 unspecified atom stereocenters. The number of nitrogens with one attached hydrogen (secondary N) is 5. The van der Waals surface area contributed by atoms with Crippen molar-refractivity contribution < 1.29 is 53.1 Å². The second-order valence-corrected chi connectivity index (χ2v) is 18.7. The molecule has 0 bridgehead atoms. The fourth-order valence-electron chi connectivity index (χ4n) is 7.15. The number of H-pyrrole nitrogens is 1. The van der Waals surface area contributed by atoms with Gasteiger partial charge in [0.25, 0.3) is 5.91 Å². The van der Waals surface area contributed by atoms with Gasteiger partial charge in [-0.25, -0.2) is 19.1 Å². The summed E-state index contributed by atoms with van der Waals surface area (Å²) in [6.45, 7) is 10.9. The number of likely N-dealkylation sites (N-methyl/N-ethyl adjacent to an activating group) is 2. The van der Waals surface area contributed by atoms with Crippen LogP contribution in [-0.2, 0) is 41.6 Å². The van der Waals surface area contributed by atoms with Crippen LogP contribution in [0.4, 0.5) is 0 Å². The quantitative estimate of drug-likeness (QED) is 0.0542. The summed E-state index contributed by atoms with van der Waals surface area (Å²) in [5.41, 5.74) is 1.38. The lowest BCUT2D eigenvalue weighted by Crippen LogP contribution is -2.68. The van der Waals surface area contributed by atoms with E-state index in [2.05, 4.69) is 31.2 Å². The molecule has 344 valence electrons. The van der Waals surface area contributed by atoms with Crippen molar-refractivity contribution in [3.05, 3.63) is 83.6 Å². The lowest BCUT2D eigenvalue weighted by atomic mass is 9.96. The topological polar surface area (TPSA) is 240 Å². The maximum absolute atomic E-state index is 14.8. The van der Waals surface area contributed by atoms with Crippen molar-refractivity contribution in [1.29, 1.82) is 0 Å². The van der Waals surface area contributed by atoms with Gasteiger partial charge in [-0.2, -0.15) is 0 Å². The Labute approximate surface area is 370 Å². The minimum Gasteiger partial charge on any atom is -0.508 e. The van der Waals surface area contributed by atoms with E-state index in [1.807, 2.05) is 48.8 Å². The maximum atomic E-state index is 14.8. The Balaban J connectivity index is 1.94. The van der Waals surface area contributed by atoms with E-state index in [4.69, 9.17) is 0 Å². The highest BCUT2D eigenvalue weighted by molar-refractivity contribution is 6.00. The van der Waals surface area contributed by atoms with Gasteiger partial charge in [-0.15, -0.1) is 0 Å². The van der Waals surface area contributed by atoms with Crippen LogP contribution in [0.3, 0.4) is 0 Å². The maximum Gasteiger partial charge on any atom is 0.372 e. The number of phenols is 2. The molecule has 17 nitrogen and oxygen atoms in total. The molecule has 3 rings (SSSR count). The van der Waals surface area contributed by atoms with Crippen molar-refractivity contribution >= 4 is 41.6 Å². The zero-order chi connectivity index (χ0) is 47.4. The molecule has 1 heterocycles. The summed E-state index contributed by atoms with van der Waals surface area (Å²) in [7, 11) is 9.02. The van der Waals surface area contributed by atoms with Gasteiger partial charge < -0.3 is 46.1 Å². The van der Waals surface area contributed by atoms with E-state index in [-0.39, 0.29) is 53.0 Å². The average molecular weight is 877 g/mol. The number of aliphatic carboxylic acids is 1. The van der Waals surface area contributed by atoms with Crippen LogP contribution >= 0.6 is 0 Å². The summed E-state index contributed by atoms with van der Waals surface area (Å²) >= 11 is 0. The first kappa shape index (κ1) is 51.3. The molecule has 0 aliphatic heterocycles. The van der Waals surface area contributed by atoms with E-state index in [0.717, 1.165) is 5.56 Å². The molecule has 0 radical (unpaired) electrons. The van der Waals surface area contributed by atoms with E-state index >= 15 is 0 Å². The SMILES string of the molecule is CC(C)C[C@H](NC(=O)C(Cc1ccc(O)cc1)[N+](C)(C)C(=O)[C@H](Cc1ccc(O)cc1)[N+](C)(C)C)C(=O)N[C@H](C(=O)N[C@@H](CC(C)C)C(=O)N/C(=C/c1cnc[nH]1)C(=O)O)C(C)C. The number of imidazole rings is 1. The smallest absolute Gasteiger partial charge is 0.372 e. The number of hydrogen-bond acceptors (Lipinski definition) is 9. The van der Waals surface area contributed by atoms with Gasteiger partial charge in [-0.05, 0) is 72.1 Å². The van der Waals surface area contributed by atoms with E-state index in [9.17, 15) is 44.1 Å². The Morgan fingerprint density at radius 3 is 1.57 bits per heavy atom. The number of amides is 5. The summed E-state index contributed by atoms with van der Waals surface area (Å²) in [5.74, 6) is -4.89. The lowest BCUT2D eigenvalue weighted by Gasteiger charge is -2.41. The highest BCUT2D eigenvalue weighted by atomic mass is 16.4. The largest absolute Gasteiger partial charge is 0.508 e. The molecule has 0 spiro atoms. The molecule has 2 aromatic carbocycles. The molecule has 0 saturated heterocycles. The Morgan fingerprint density at radius 2 is 1.14 bits per heavy atom. The third kappa shape index (κ3) is 15.4. The zero-order valence-corrected chi connectivity index (χ0v) is 38.4. The van der Waals surface area contributed by atoms with Gasteiger partial charge in [-0.3, -0.25) is 19.2 Å². The van der Waals surface area contributed by atoms with Crippen LogP contribution in [0.1, 0.15) is 71.2 Å². The van der Waals surface area contributed by atoms with Crippen LogP contribution in [0.5, 0.6) is 11.5 Å². The number of rotatable bonds is 22. The van der Waals surface area contributed by atoms with Crippen LogP contribution in [0.15, 0.2) is 66.8 Å². The average Bonchev–Trinajstić information content (AvgIpc) is 3.70. The standard InChI is InChI=1S/C46H66N8O9/c1-27(2)20-35(41(57)51-37(46(62)63)24-32-25-47-26-48-32)50-44(60)40(29(5)6)52-42(58)36(21-28(3)4)49-43(59)38(22-30-12-16-33(55)17-13-30)54(10,11)45(61)39(53(7,8)9)23-31-14-18-34(56)19-15-31/h12-19,24-29,35-36,38-40H,20-23H2,1-11H3,(H6-2,47,48,49,50,51,52,55,56,57,58,59,60,62,63)/p+2/b37-24+/t35-,36-,38?,39-,40-/m0/s1. The minimum atomic E-state index is -1.41. The number of aromatic hydroxyl groups is 2. The van der Waals surface area contributed by atoms with Crippen molar-refractivity contribution in [2.75, 3.05) is 35.2 Å². The number of carboxylic acids is 1. The normalized spacial score (nSPS) is 14.7. The molecule has 5 amide bonds. The van der Waals surface area contributed by atoms with Gasteiger partial charge in [0.05, 0.1) is 53.5 Å². The number of phenolic OH excluding ortho intramolecular Hbond substituents is 2. The Hall–Kier alpha value is -6.07. The highest BCUT2D eigenvalue weighted by Gasteiger charge is 2.49. The van der Waals surface area contributed by atoms with Gasteiger partial charge in [0.15, 0.2) is 6.04 Å². The van der Waals surface area contributed by atoms with Gasteiger partial charge in [-0.1, -0.05) is 65.8 Å². The van der Waals surface area contributed by atoms with Gasteiger partial charge in [0.2, 0.25) is 23.8 Å². The summed E-state index contributed by atoms with van der Waals surface area (Å²) in [5, 5.41) is 40.5. The predicted octanol–water partition coefficient (Wildman–Crippen LogP) is 3.10. The zero-order valence-electron chi connectivity index (χ0n) is 38.4. The molecule has 1 aromatic heterocycles. The van der Waals surface area contributed by atoms with Crippen LogP contribution in [0.25, 0.3) is 6.08 Å². The van der Waals surface area contributed by atoms with Crippen LogP contribution in [0, 0.1) is 17.8 Å². The fourth-order valence-corrected chi connectivity index (χ4v) is 7.15. The van der Waals surface area contributed by atoms with Crippen molar-refractivity contribution in [1.82, 2.24) is 31.2 Å². The molecule has 63 heavy (non-hydrogen) atoms. The van der Waals surface area contributed by atoms with E-state index in [0.29, 0.717) is 17.7 Å². The third-order valence-corrected chi connectivity index (χ3v) is 10.8. The number of nitrogens with zero attached hydrogens (tertiary/aromatic N) is 3. The van der Waals surface area contributed by atoms with Crippen LogP contribution in [-0.4, -0.2) is 135 Å². The third-order valence-electron chi connectivity index (χ3n) is 10.8. The Kier molecular flexibility index (Phi) is 18.2. The number of quaternary nitrogens is 2. The second kappa shape index (κ2) is 22.3. The molecule has 17 heteroatoms. The first-order chi connectivity index (χ1) is 29.3. The second-order valence-electron chi connectivity index (χ2n) is 18.7. The molecule has 5 atom stereocenters. The minimum absolute atomic E-state index is 0.0317. The summed E-state index contributed by atoms with van der Waals surface area (Å²) in [6.07, 6.45) is 4.65. The summed E-state index contributed by atoms with van der Waals surface area (Å²) in [6, 6.07) is 7.77. The number of carbonyl (C=O) groups is 6. The molecule has 3 aromatic rings. The lowest BCUT2D eigenvalue weighted by molar-refractivity contribution is -0.909. The van der Waals surface area contributed by atoms with Gasteiger partial charge >= 0.3 is 11.9 Å². The number of carbonyl (C=O) groups excluding carboxylic acids is 5. The first-order valence-corrected chi connectivity index (χ1v) is 21.2. The van der Waals surface area contributed by atoms with Crippen LogP contribution < -0.4 is 21.3 Å². The number of hydrogen-bond donors (Lipinski definition) is 8. The number of benzene rings is 2. The van der Waals surface area contributed by atoms with E-state index in [1.165, 1.54) is 30.7 Å². The summed E-state index contributed by atoms with van der Waals surface area (Å²) in [4.78, 5) is 90.0. The first-order valence-electron chi connectivity index (χ1n) is 21.2. The fraction of sp³-hybridized carbons (Fsp3) is 0.500. The summed E-state index contributed by atoms with van der Waals surface area (Å²) < 4.78 is -0.174. The monoisotopic (exact) mass is 877 g/mol. The van der Waals surface area contributed by atoms with Crippen molar-refractivity contribution in [2.45, 2.75) is 97.4 Å². The number of aromatic amines is 1. The Bertz CT molecular complexity index is 2060.